The Morgan fingerprint density at radius 1 is 0.882 bits per heavy atom. The summed E-state index contributed by atoms with van der Waals surface area (Å²) in [7, 11) is 0. The first-order chi connectivity index (χ1) is 8.15. The summed E-state index contributed by atoms with van der Waals surface area (Å²) >= 11 is 0. The average molecular weight is 238 g/mol. The summed E-state index contributed by atoms with van der Waals surface area (Å²) in [5.41, 5.74) is 0. The number of hydrogen-bond donors (Lipinski definition) is 0. The Labute approximate surface area is 101 Å². The zero-order valence-electron chi connectivity index (χ0n) is 9.97. The highest BCUT2D eigenvalue weighted by Crippen LogP contribution is 2.03. The minimum Gasteiger partial charge on any atom is -0.293 e. The van der Waals surface area contributed by atoms with Gasteiger partial charge in [-0.15, -0.1) is 0 Å². The number of carbonyl (C=O) groups is 2. The standard InChI is InChI=1S/C11H18N4O2/c1-12-10(16)8-14-4-3-5-15(7-6-14)9-11(17)13-2/h1-9H2. The van der Waals surface area contributed by atoms with Crippen LogP contribution in [0.2, 0.25) is 0 Å². The molecule has 0 aromatic rings. The van der Waals surface area contributed by atoms with Crippen molar-refractivity contribution in [1.29, 1.82) is 0 Å². The summed E-state index contributed by atoms with van der Waals surface area (Å²) < 4.78 is 0. The lowest BCUT2D eigenvalue weighted by Crippen LogP contribution is -2.35. The summed E-state index contributed by atoms with van der Waals surface area (Å²) in [5.74, 6) is -0.412. The maximum atomic E-state index is 11.1. The van der Waals surface area contributed by atoms with Gasteiger partial charge < -0.3 is 0 Å². The molecule has 1 saturated heterocycles. The van der Waals surface area contributed by atoms with E-state index in [-0.39, 0.29) is 11.8 Å². The Kier molecular flexibility index (Phi) is 5.65. The third-order valence-corrected chi connectivity index (χ3v) is 2.75. The van der Waals surface area contributed by atoms with Crippen molar-refractivity contribution in [2.45, 2.75) is 6.42 Å². The molecular weight excluding hydrogens is 220 g/mol. The van der Waals surface area contributed by atoms with Crippen molar-refractivity contribution in [2.24, 2.45) is 9.98 Å². The molecule has 6 heteroatoms. The third kappa shape index (κ3) is 4.97. The lowest BCUT2D eigenvalue weighted by Gasteiger charge is -2.19. The molecule has 94 valence electrons. The van der Waals surface area contributed by atoms with Gasteiger partial charge in [0.15, 0.2) is 0 Å². The van der Waals surface area contributed by atoms with Gasteiger partial charge in [-0.1, -0.05) is 0 Å². The van der Waals surface area contributed by atoms with Crippen LogP contribution in [0.15, 0.2) is 9.98 Å². The van der Waals surface area contributed by atoms with E-state index >= 15 is 0 Å². The molecule has 2 amide bonds. The van der Waals surface area contributed by atoms with Gasteiger partial charge in [0.2, 0.25) is 0 Å². The van der Waals surface area contributed by atoms with Gasteiger partial charge >= 0.3 is 0 Å². The smallest absolute Gasteiger partial charge is 0.259 e. The van der Waals surface area contributed by atoms with Gasteiger partial charge in [-0.25, -0.2) is 9.98 Å². The monoisotopic (exact) mass is 238 g/mol. The number of nitrogens with zero attached hydrogens (tertiary/aromatic N) is 4. The van der Waals surface area contributed by atoms with E-state index in [9.17, 15) is 9.59 Å². The molecule has 0 spiro atoms. The summed E-state index contributed by atoms with van der Waals surface area (Å²) in [4.78, 5) is 33.1. The first-order valence-electron chi connectivity index (χ1n) is 5.59. The highest BCUT2D eigenvalue weighted by Gasteiger charge is 2.17. The van der Waals surface area contributed by atoms with Crippen LogP contribution in [0.4, 0.5) is 0 Å². The van der Waals surface area contributed by atoms with E-state index in [4.69, 9.17) is 0 Å². The first-order valence-corrected chi connectivity index (χ1v) is 5.59. The Hall–Kier alpha value is -1.40. The molecule has 0 aromatic carbocycles. The second kappa shape index (κ2) is 7.03. The Bertz CT molecular complexity index is 287. The number of carbonyl (C=O) groups excluding carboxylic acids is 2. The number of aliphatic imine (C=N–C) groups is 2. The van der Waals surface area contributed by atoms with Crippen LogP contribution < -0.4 is 0 Å². The number of hydrogen-bond acceptors (Lipinski definition) is 4. The summed E-state index contributed by atoms with van der Waals surface area (Å²) in [6.07, 6.45) is 0.925. The molecule has 0 N–H and O–H groups in total. The van der Waals surface area contributed by atoms with E-state index in [0.717, 1.165) is 32.6 Å². The molecule has 0 saturated carbocycles. The maximum absolute atomic E-state index is 11.1. The molecule has 1 aliphatic rings. The predicted octanol–water partition coefficient (Wildman–Crippen LogP) is -0.551. The average Bonchev–Trinajstić information content (AvgIpc) is 2.54. The van der Waals surface area contributed by atoms with Crippen LogP contribution in [0.1, 0.15) is 6.42 Å². The van der Waals surface area contributed by atoms with Gasteiger partial charge in [0.25, 0.3) is 11.8 Å². The topological polar surface area (TPSA) is 65.3 Å². The van der Waals surface area contributed by atoms with Gasteiger partial charge in [-0.2, -0.15) is 0 Å². The highest BCUT2D eigenvalue weighted by molar-refractivity contribution is 5.82. The fourth-order valence-corrected chi connectivity index (χ4v) is 1.82. The molecular formula is C11H18N4O2. The van der Waals surface area contributed by atoms with Crippen molar-refractivity contribution in [3.63, 3.8) is 0 Å². The van der Waals surface area contributed by atoms with Crippen LogP contribution >= 0.6 is 0 Å². The molecule has 0 aliphatic carbocycles. The van der Waals surface area contributed by atoms with Crippen LogP contribution in [0.5, 0.6) is 0 Å². The minimum absolute atomic E-state index is 0.206. The second-order valence-corrected chi connectivity index (χ2v) is 4.01. The third-order valence-electron chi connectivity index (χ3n) is 2.75. The van der Waals surface area contributed by atoms with Crippen molar-refractivity contribution in [1.82, 2.24) is 9.80 Å². The maximum Gasteiger partial charge on any atom is 0.259 e. The quantitative estimate of drug-likeness (QED) is 0.616. The lowest BCUT2D eigenvalue weighted by molar-refractivity contribution is -0.120. The molecule has 1 rings (SSSR count). The number of amides is 2. The molecule has 0 unspecified atom stereocenters. The fourth-order valence-electron chi connectivity index (χ4n) is 1.82. The predicted molar refractivity (Wildman–Crippen MR) is 66.6 cm³/mol. The van der Waals surface area contributed by atoms with E-state index < -0.39 is 0 Å². The van der Waals surface area contributed by atoms with Crippen molar-refractivity contribution in [3.05, 3.63) is 0 Å². The second-order valence-electron chi connectivity index (χ2n) is 4.01. The molecule has 0 atom stereocenters. The largest absolute Gasteiger partial charge is 0.293 e. The zero-order chi connectivity index (χ0) is 12.7. The van der Waals surface area contributed by atoms with Crippen molar-refractivity contribution < 1.29 is 9.59 Å². The van der Waals surface area contributed by atoms with Crippen molar-refractivity contribution in [3.8, 4) is 0 Å². The van der Waals surface area contributed by atoms with Crippen LogP contribution in [0.3, 0.4) is 0 Å². The van der Waals surface area contributed by atoms with Gasteiger partial charge in [0.1, 0.15) is 0 Å². The van der Waals surface area contributed by atoms with Gasteiger partial charge in [0.05, 0.1) is 13.1 Å². The van der Waals surface area contributed by atoms with Gasteiger partial charge in [-0.05, 0) is 32.9 Å². The van der Waals surface area contributed by atoms with Crippen LogP contribution in [-0.4, -0.2) is 74.3 Å². The fraction of sp³-hybridized carbons (Fsp3) is 0.636. The van der Waals surface area contributed by atoms with E-state index in [1.54, 1.807) is 0 Å². The summed E-state index contributed by atoms with van der Waals surface area (Å²) in [5, 5.41) is 0. The van der Waals surface area contributed by atoms with Crippen molar-refractivity contribution in [2.75, 3.05) is 39.3 Å². The van der Waals surface area contributed by atoms with Gasteiger partial charge in [0, 0.05) is 13.1 Å². The van der Waals surface area contributed by atoms with Gasteiger partial charge in [-0.3, -0.25) is 19.4 Å². The van der Waals surface area contributed by atoms with Crippen molar-refractivity contribution >= 4 is 25.2 Å². The van der Waals surface area contributed by atoms with Crippen LogP contribution in [0.25, 0.3) is 0 Å². The molecule has 1 fully saturated rings. The van der Waals surface area contributed by atoms with E-state index in [1.807, 2.05) is 9.80 Å². The Balaban J connectivity index is 2.38. The van der Waals surface area contributed by atoms with E-state index in [2.05, 4.69) is 23.4 Å². The Morgan fingerprint density at radius 3 is 1.65 bits per heavy atom. The highest BCUT2D eigenvalue weighted by atomic mass is 16.2. The van der Waals surface area contributed by atoms with Crippen LogP contribution in [0, 0.1) is 0 Å². The molecule has 0 bridgehead atoms. The Morgan fingerprint density at radius 2 is 1.29 bits per heavy atom. The first kappa shape index (κ1) is 13.7. The SMILES string of the molecule is C=NC(=O)CN1CCCN(CC(=O)N=C)CC1. The minimum atomic E-state index is -0.206. The molecule has 1 aliphatic heterocycles. The van der Waals surface area contributed by atoms with E-state index in [1.165, 1.54) is 0 Å². The summed E-state index contributed by atoms with van der Waals surface area (Å²) in [6, 6.07) is 0. The molecule has 0 radical (unpaired) electrons. The van der Waals surface area contributed by atoms with E-state index in [0.29, 0.717) is 13.1 Å². The number of rotatable bonds is 4. The summed E-state index contributed by atoms with van der Waals surface area (Å²) in [6.45, 7) is 10.2. The lowest BCUT2D eigenvalue weighted by atomic mass is 10.3. The van der Waals surface area contributed by atoms with Crippen LogP contribution in [-0.2, 0) is 9.59 Å². The molecule has 6 nitrogen and oxygen atoms in total. The molecule has 0 aromatic heterocycles. The normalized spacial score (nSPS) is 18.4. The molecule has 17 heavy (non-hydrogen) atoms. The molecule has 1 heterocycles. The zero-order valence-corrected chi connectivity index (χ0v) is 9.97.